The Balaban J connectivity index is 0.000000500. The van der Waals surface area contributed by atoms with E-state index in [4.69, 9.17) is 21.4 Å². The number of carbonyl (C=O) groups is 1. The standard InChI is InChI=1S/C18H25ClN2O3.C4H8/c1-20(18(22)23)11-13-9-15(10-13)24-16-6-4-5-14(17(16)19)12-21-7-2-3-8-21;1-4-2-3-4/h4-6,13,15H,2-3,7-12H2,1H3,(H,22,23);4H,2-3H2,1H3. The first-order valence-electron chi connectivity index (χ1n) is 10.5. The number of hydrogen-bond acceptors (Lipinski definition) is 3. The van der Waals surface area contributed by atoms with Gasteiger partial charge < -0.3 is 14.7 Å². The van der Waals surface area contributed by atoms with Crippen molar-refractivity contribution in [3.63, 3.8) is 0 Å². The van der Waals surface area contributed by atoms with Crippen molar-refractivity contribution >= 4 is 17.7 Å². The van der Waals surface area contributed by atoms with Gasteiger partial charge in [0.15, 0.2) is 0 Å². The minimum absolute atomic E-state index is 0.136. The number of carboxylic acid groups (broad SMARTS) is 1. The minimum atomic E-state index is -0.878. The molecule has 6 heteroatoms. The number of nitrogens with zero attached hydrogens (tertiary/aromatic N) is 2. The second-order valence-electron chi connectivity index (χ2n) is 8.64. The number of likely N-dealkylation sites (tertiary alicyclic amines) is 1. The predicted octanol–water partition coefficient (Wildman–Crippen LogP) is 5.12. The van der Waals surface area contributed by atoms with Crippen molar-refractivity contribution in [3.8, 4) is 5.75 Å². The Hall–Kier alpha value is -1.46. The van der Waals surface area contributed by atoms with E-state index in [-0.39, 0.29) is 6.10 Å². The molecule has 1 aliphatic heterocycles. The highest BCUT2D eigenvalue weighted by molar-refractivity contribution is 6.32. The summed E-state index contributed by atoms with van der Waals surface area (Å²) in [5.41, 5.74) is 1.12. The van der Waals surface area contributed by atoms with E-state index in [1.807, 2.05) is 12.1 Å². The number of benzene rings is 1. The van der Waals surface area contributed by atoms with Crippen LogP contribution < -0.4 is 4.74 Å². The van der Waals surface area contributed by atoms with Crippen molar-refractivity contribution in [2.24, 2.45) is 11.8 Å². The molecule has 3 fully saturated rings. The highest BCUT2D eigenvalue weighted by Gasteiger charge is 2.33. The topological polar surface area (TPSA) is 53.0 Å². The fourth-order valence-corrected chi connectivity index (χ4v) is 3.91. The summed E-state index contributed by atoms with van der Waals surface area (Å²) in [4.78, 5) is 14.6. The summed E-state index contributed by atoms with van der Waals surface area (Å²) in [6.45, 7) is 6.01. The maximum absolute atomic E-state index is 10.8. The third kappa shape index (κ3) is 6.28. The van der Waals surface area contributed by atoms with Gasteiger partial charge in [0, 0.05) is 20.1 Å². The maximum atomic E-state index is 10.8. The molecule has 1 saturated heterocycles. The molecule has 2 aliphatic carbocycles. The van der Waals surface area contributed by atoms with E-state index >= 15 is 0 Å². The number of amides is 1. The van der Waals surface area contributed by atoms with Gasteiger partial charge in [-0.1, -0.05) is 43.5 Å². The fraction of sp³-hybridized carbons (Fsp3) is 0.682. The summed E-state index contributed by atoms with van der Waals surface area (Å²) < 4.78 is 6.04. The summed E-state index contributed by atoms with van der Waals surface area (Å²) in [5.74, 6) is 2.21. The van der Waals surface area contributed by atoms with Crippen molar-refractivity contribution in [3.05, 3.63) is 28.8 Å². The molecule has 1 amide bonds. The van der Waals surface area contributed by atoms with Crippen LogP contribution in [0.4, 0.5) is 4.79 Å². The van der Waals surface area contributed by atoms with Crippen molar-refractivity contribution in [2.45, 2.75) is 58.1 Å². The van der Waals surface area contributed by atoms with Crippen LogP contribution in [0.15, 0.2) is 18.2 Å². The van der Waals surface area contributed by atoms with Crippen LogP contribution in [0, 0.1) is 11.8 Å². The molecule has 0 bridgehead atoms. The zero-order valence-corrected chi connectivity index (χ0v) is 17.8. The Morgan fingerprint density at radius 1 is 1.29 bits per heavy atom. The van der Waals surface area contributed by atoms with E-state index in [1.165, 1.54) is 30.6 Å². The summed E-state index contributed by atoms with van der Waals surface area (Å²) in [6, 6.07) is 5.99. The van der Waals surface area contributed by atoms with Gasteiger partial charge in [0.05, 0.1) is 11.1 Å². The first-order chi connectivity index (χ1) is 13.4. The highest BCUT2D eigenvalue weighted by Crippen LogP contribution is 2.36. The fourth-order valence-electron chi connectivity index (χ4n) is 3.68. The Labute approximate surface area is 173 Å². The second kappa shape index (κ2) is 9.84. The van der Waals surface area contributed by atoms with Gasteiger partial charge in [0.1, 0.15) is 5.75 Å². The average Bonchev–Trinajstić information content (AvgIpc) is 3.24. The molecule has 3 aliphatic rings. The molecule has 0 spiro atoms. The van der Waals surface area contributed by atoms with Crippen LogP contribution in [0.2, 0.25) is 5.02 Å². The van der Waals surface area contributed by atoms with Crippen LogP contribution in [-0.4, -0.2) is 53.8 Å². The molecule has 1 aromatic rings. The van der Waals surface area contributed by atoms with Gasteiger partial charge in [0.25, 0.3) is 0 Å². The molecule has 1 heterocycles. The van der Waals surface area contributed by atoms with Crippen LogP contribution in [0.25, 0.3) is 0 Å². The van der Waals surface area contributed by atoms with Crippen molar-refractivity contribution < 1.29 is 14.6 Å². The number of ether oxygens (including phenoxy) is 1. The zero-order valence-electron chi connectivity index (χ0n) is 17.1. The molecule has 0 unspecified atom stereocenters. The summed E-state index contributed by atoms with van der Waals surface area (Å²) >= 11 is 6.54. The van der Waals surface area contributed by atoms with E-state index in [1.54, 1.807) is 7.05 Å². The van der Waals surface area contributed by atoms with Crippen LogP contribution in [0.1, 0.15) is 51.0 Å². The maximum Gasteiger partial charge on any atom is 0.407 e. The van der Waals surface area contributed by atoms with Gasteiger partial charge in [0.2, 0.25) is 0 Å². The molecular weight excluding hydrogens is 376 g/mol. The van der Waals surface area contributed by atoms with Crippen molar-refractivity contribution in [2.75, 3.05) is 26.7 Å². The van der Waals surface area contributed by atoms with E-state index in [0.717, 1.165) is 54.7 Å². The lowest BCUT2D eigenvalue weighted by Crippen LogP contribution is -2.41. The molecule has 0 atom stereocenters. The SMILES string of the molecule is CC1CC1.CN(CC1CC(Oc2cccc(CN3CCCC3)c2Cl)C1)C(=O)O. The molecule has 0 radical (unpaired) electrons. The molecule has 4 rings (SSSR count). The van der Waals surface area contributed by atoms with Gasteiger partial charge in [-0.05, 0) is 62.2 Å². The van der Waals surface area contributed by atoms with Crippen LogP contribution in [0.5, 0.6) is 5.75 Å². The lowest BCUT2D eigenvalue weighted by molar-refractivity contribution is 0.0474. The van der Waals surface area contributed by atoms with Gasteiger partial charge >= 0.3 is 6.09 Å². The zero-order chi connectivity index (χ0) is 20.1. The first kappa shape index (κ1) is 21.3. The van der Waals surface area contributed by atoms with E-state index in [9.17, 15) is 4.79 Å². The molecule has 28 heavy (non-hydrogen) atoms. The Morgan fingerprint density at radius 2 is 1.93 bits per heavy atom. The van der Waals surface area contributed by atoms with Crippen molar-refractivity contribution in [1.82, 2.24) is 9.80 Å². The third-order valence-electron chi connectivity index (χ3n) is 5.85. The highest BCUT2D eigenvalue weighted by atomic mass is 35.5. The van der Waals surface area contributed by atoms with Gasteiger partial charge in [-0.15, -0.1) is 0 Å². The summed E-state index contributed by atoms with van der Waals surface area (Å²) in [5, 5.41) is 9.63. The van der Waals surface area contributed by atoms with E-state index in [2.05, 4.69) is 17.9 Å². The van der Waals surface area contributed by atoms with Crippen LogP contribution in [0.3, 0.4) is 0 Å². The number of halogens is 1. The number of hydrogen-bond donors (Lipinski definition) is 1. The molecule has 1 N–H and O–H groups in total. The number of rotatable bonds is 6. The normalized spacial score (nSPS) is 24.1. The van der Waals surface area contributed by atoms with Gasteiger partial charge in [-0.25, -0.2) is 4.79 Å². The predicted molar refractivity (Wildman–Crippen MR) is 112 cm³/mol. The summed E-state index contributed by atoms with van der Waals surface area (Å²) in [7, 11) is 1.61. The van der Waals surface area contributed by atoms with Crippen LogP contribution >= 0.6 is 11.6 Å². The Morgan fingerprint density at radius 3 is 2.50 bits per heavy atom. The molecular formula is C22H33ClN2O3. The van der Waals surface area contributed by atoms with Gasteiger partial charge in [-0.3, -0.25) is 4.90 Å². The molecule has 156 valence electrons. The molecule has 2 saturated carbocycles. The van der Waals surface area contributed by atoms with E-state index in [0.29, 0.717) is 12.5 Å². The Bertz CT molecular complexity index is 653. The summed E-state index contributed by atoms with van der Waals surface area (Å²) in [6.07, 6.45) is 6.52. The second-order valence-corrected chi connectivity index (χ2v) is 9.01. The lowest BCUT2D eigenvalue weighted by Gasteiger charge is -2.37. The third-order valence-corrected chi connectivity index (χ3v) is 6.28. The lowest BCUT2D eigenvalue weighted by atomic mass is 9.82. The molecule has 1 aromatic carbocycles. The quantitative estimate of drug-likeness (QED) is 0.709. The average molecular weight is 409 g/mol. The monoisotopic (exact) mass is 408 g/mol. The Kier molecular flexibility index (Phi) is 7.47. The minimum Gasteiger partial charge on any atom is -0.489 e. The largest absolute Gasteiger partial charge is 0.489 e. The van der Waals surface area contributed by atoms with Crippen LogP contribution in [-0.2, 0) is 6.54 Å². The molecule has 0 aromatic heterocycles. The smallest absolute Gasteiger partial charge is 0.407 e. The molecule has 5 nitrogen and oxygen atoms in total. The first-order valence-corrected chi connectivity index (χ1v) is 10.9. The van der Waals surface area contributed by atoms with Crippen molar-refractivity contribution in [1.29, 1.82) is 0 Å². The van der Waals surface area contributed by atoms with Gasteiger partial charge in [-0.2, -0.15) is 0 Å². The van der Waals surface area contributed by atoms with E-state index < -0.39 is 6.09 Å².